The predicted octanol–water partition coefficient (Wildman–Crippen LogP) is 5.82. The normalized spacial score (nSPS) is 46.5. The van der Waals surface area contributed by atoms with E-state index in [0.717, 1.165) is 44.9 Å². The maximum absolute atomic E-state index is 12.5. The zero-order valence-electron chi connectivity index (χ0n) is 36.4. The molecule has 0 aromatic carbocycles. The van der Waals surface area contributed by atoms with Crippen molar-refractivity contribution in [3.63, 3.8) is 0 Å². The molecule has 0 aromatic heterocycles. The fourth-order valence-electron chi connectivity index (χ4n) is 13.8. The average Bonchev–Trinajstić information content (AvgIpc) is 3.67. The summed E-state index contributed by atoms with van der Waals surface area (Å²) in [6, 6.07) is 0. The molecule has 13 nitrogen and oxygen atoms in total. The number of ether oxygens (including phenoxy) is 7. The van der Waals surface area contributed by atoms with Crippen LogP contribution in [0.15, 0.2) is 0 Å². The second-order valence-corrected chi connectivity index (χ2v) is 20.6. The summed E-state index contributed by atoms with van der Waals surface area (Å²) in [6.07, 6.45) is 0.636. The summed E-state index contributed by atoms with van der Waals surface area (Å²) in [4.78, 5) is 49.1. The monoisotopic (exact) mass is 806 g/mol. The van der Waals surface area contributed by atoms with Gasteiger partial charge in [0.25, 0.3) is 0 Å². The Labute approximate surface area is 338 Å². The van der Waals surface area contributed by atoms with E-state index in [9.17, 15) is 29.4 Å². The molecule has 0 bridgehead atoms. The molecule has 0 unspecified atom stereocenters. The molecule has 0 spiro atoms. The second kappa shape index (κ2) is 15.3. The molecule has 6 fully saturated rings. The third kappa shape index (κ3) is 7.67. The Bertz CT molecular complexity index is 1560. The van der Waals surface area contributed by atoms with Crippen LogP contribution >= 0.6 is 0 Å². The van der Waals surface area contributed by atoms with Gasteiger partial charge in [-0.2, -0.15) is 0 Å². The number of hydrogen-bond donors (Lipinski definition) is 2. The maximum atomic E-state index is 12.5. The quantitative estimate of drug-likeness (QED) is 0.162. The number of esters is 4. The van der Waals surface area contributed by atoms with Crippen molar-refractivity contribution in [1.82, 2.24) is 0 Å². The van der Waals surface area contributed by atoms with Gasteiger partial charge in [-0.05, 0) is 124 Å². The van der Waals surface area contributed by atoms with Crippen LogP contribution in [0.1, 0.15) is 141 Å². The van der Waals surface area contributed by atoms with Gasteiger partial charge in [0.1, 0.15) is 12.7 Å². The highest BCUT2D eigenvalue weighted by atomic mass is 16.7. The molecule has 6 rings (SSSR count). The fraction of sp³-hybridized carbons (Fsp3) is 0.909. The van der Waals surface area contributed by atoms with Crippen molar-refractivity contribution in [1.29, 1.82) is 0 Å². The molecule has 4 aliphatic carbocycles. The second-order valence-electron chi connectivity index (χ2n) is 20.6. The lowest BCUT2D eigenvalue weighted by Gasteiger charge is -2.70. The molecule has 324 valence electrons. The number of carbonyl (C=O) groups is 4. The highest BCUT2D eigenvalue weighted by Crippen LogP contribution is 2.76. The van der Waals surface area contributed by atoms with Gasteiger partial charge in [-0.15, -0.1) is 0 Å². The lowest BCUT2D eigenvalue weighted by atomic mass is 9.35. The Balaban J connectivity index is 1.26. The number of rotatable bonds is 9. The molecule has 2 N–H and O–H groups in total. The molecular formula is C44H70O13. The van der Waals surface area contributed by atoms with Gasteiger partial charge in [-0.25, -0.2) is 0 Å². The highest BCUT2D eigenvalue weighted by Gasteiger charge is 2.72. The average molecular weight is 807 g/mol. The Morgan fingerprint density at radius 1 is 0.719 bits per heavy atom. The lowest BCUT2D eigenvalue weighted by Crippen LogP contribution is -2.67. The van der Waals surface area contributed by atoms with Crippen molar-refractivity contribution in [3.8, 4) is 0 Å². The van der Waals surface area contributed by atoms with Gasteiger partial charge < -0.3 is 43.4 Å². The molecule has 2 heterocycles. The van der Waals surface area contributed by atoms with E-state index in [1.54, 1.807) is 0 Å². The maximum Gasteiger partial charge on any atom is 0.303 e. The van der Waals surface area contributed by atoms with Crippen LogP contribution in [0.3, 0.4) is 0 Å². The predicted molar refractivity (Wildman–Crippen MR) is 206 cm³/mol. The largest absolute Gasteiger partial charge is 0.463 e. The summed E-state index contributed by atoms with van der Waals surface area (Å²) in [5.74, 6) is -1.86. The molecule has 0 aromatic rings. The van der Waals surface area contributed by atoms with Crippen molar-refractivity contribution in [2.75, 3.05) is 6.61 Å². The number of fused-ring (bicyclic) bond motifs is 5. The first-order valence-electron chi connectivity index (χ1n) is 21.3. The van der Waals surface area contributed by atoms with E-state index < -0.39 is 77.3 Å². The molecule has 2 saturated heterocycles. The van der Waals surface area contributed by atoms with Crippen molar-refractivity contribution in [3.05, 3.63) is 0 Å². The van der Waals surface area contributed by atoms with Crippen LogP contribution in [0.4, 0.5) is 0 Å². The van der Waals surface area contributed by atoms with E-state index in [2.05, 4.69) is 41.5 Å². The third-order valence-corrected chi connectivity index (χ3v) is 16.5. The van der Waals surface area contributed by atoms with Crippen LogP contribution in [-0.4, -0.2) is 101 Å². The Kier molecular flexibility index (Phi) is 11.9. The van der Waals surface area contributed by atoms with Crippen molar-refractivity contribution < 1.29 is 62.5 Å². The Morgan fingerprint density at radius 3 is 1.89 bits per heavy atom. The van der Waals surface area contributed by atoms with E-state index in [-0.39, 0.29) is 58.7 Å². The van der Waals surface area contributed by atoms with Crippen molar-refractivity contribution in [2.45, 2.75) is 201 Å². The van der Waals surface area contributed by atoms with Gasteiger partial charge in [0.2, 0.25) is 0 Å². The van der Waals surface area contributed by atoms with Crippen LogP contribution in [0, 0.1) is 45.3 Å². The lowest BCUT2D eigenvalue weighted by molar-refractivity contribution is -0.335. The molecule has 6 aliphatic rings. The summed E-state index contributed by atoms with van der Waals surface area (Å²) in [5, 5.41) is 23.2. The van der Waals surface area contributed by atoms with Crippen LogP contribution in [0.5, 0.6) is 0 Å². The molecule has 0 radical (unpaired) electrons. The van der Waals surface area contributed by atoms with Crippen LogP contribution in [-0.2, 0) is 52.3 Å². The van der Waals surface area contributed by atoms with Crippen molar-refractivity contribution >= 4 is 23.9 Å². The highest BCUT2D eigenvalue weighted by molar-refractivity contribution is 5.68. The Hall–Kier alpha value is -2.32. The zero-order valence-corrected chi connectivity index (χ0v) is 36.4. The molecule has 0 amide bonds. The SMILES string of the molecule is CC(=O)OC[C@H]1O[C@@H](O[C@@H]2CC[C@]3(C)[C@H]4C[C@@H](O)[C@@H]5[C@@H]([C@]6(C)CC[C@H](C(C)(C)O)O6)CC[C@@]5(C)[C@]4(C)CC[C@H]3C2(C)C)[C@H](OC(C)=O)[C@@H](OC(C)=O)[C@@H]1OC(C)=O. The van der Waals surface area contributed by atoms with Gasteiger partial charge in [-0.3, -0.25) is 19.2 Å². The Morgan fingerprint density at radius 2 is 1.32 bits per heavy atom. The summed E-state index contributed by atoms with van der Waals surface area (Å²) in [7, 11) is 0. The smallest absolute Gasteiger partial charge is 0.303 e. The molecule has 13 heteroatoms. The van der Waals surface area contributed by atoms with Crippen LogP contribution < -0.4 is 0 Å². The summed E-state index contributed by atoms with van der Waals surface area (Å²) >= 11 is 0. The van der Waals surface area contributed by atoms with Gasteiger partial charge in [0.15, 0.2) is 24.6 Å². The standard InChI is InChI=1S/C44H70O13/c1-23(45)51-22-29-35(52-24(2)46)36(53-25(3)47)37(54-26(4)48)38(55-29)56-32-15-17-41(9)30(39(32,5)6)14-19-42(10)31(41)21-28(49)34-27(13-18-43(34,42)11)44(12)20-16-33(57-44)40(7,8)50/h27-38,49-50H,13-22H2,1-12H3/t27-,28+,29+,30-,31+,32+,33+,34-,35+,36-,37+,38-,41-,42+,43+,44-/m0/s1. The van der Waals surface area contributed by atoms with E-state index in [4.69, 9.17) is 33.2 Å². The zero-order chi connectivity index (χ0) is 42.3. The van der Waals surface area contributed by atoms with Gasteiger partial charge in [0, 0.05) is 27.7 Å². The van der Waals surface area contributed by atoms with Crippen molar-refractivity contribution in [2.24, 2.45) is 45.3 Å². The van der Waals surface area contributed by atoms with Gasteiger partial charge in [0.05, 0.1) is 29.5 Å². The van der Waals surface area contributed by atoms with Gasteiger partial charge in [-0.1, -0.05) is 34.6 Å². The van der Waals surface area contributed by atoms with E-state index in [1.165, 1.54) is 27.7 Å². The number of hydrogen-bond acceptors (Lipinski definition) is 13. The first-order valence-corrected chi connectivity index (χ1v) is 21.3. The number of aliphatic hydroxyl groups is 2. The minimum absolute atomic E-state index is 0.0227. The molecule has 2 aliphatic heterocycles. The van der Waals surface area contributed by atoms with E-state index in [0.29, 0.717) is 12.8 Å². The first-order chi connectivity index (χ1) is 26.3. The summed E-state index contributed by atoms with van der Waals surface area (Å²) in [6.45, 7) is 22.2. The van der Waals surface area contributed by atoms with E-state index >= 15 is 0 Å². The van der Waals surface area contributed by atoms with Crippen LogP contribution in [0.25, 0.3) is 0 Å². The summed E-state index contributed by atoms with van der Waals surface area (Å²) < 4.78 is 42.3. The minimum Gasteiger partial charge on any atom is -0.463 e. The topological polar surface area (TPSA) is 173 Å². The van der Waals surface area contributed by atoms with Gasteiger partial charge >= 0.3 is 23.9 Å². The molecule has 4 saturated carbocycles. The fourth-order valence-corrected chi connectivity index (χ4v) is 13.8. The number of carbonyl (C=O) groups excluding carboxylic acids is 4. The molecular weight excluding hydrogens is 736 g/mol. The minimum atomic E-state index is -1.30. The molecule has 16 atom stereocenters. The third-order valence-electron chi connectivity index (χ3n) is 16.5. The molecule has 57 heavy (non-hydrogen) atoms. The summed E-state index contributed by atoms with van der Waals surface area (Å²) in [5.41, 5.74) is -1.97. The first kappa shape index (κ1) is 44.2. The van der Waals surface area contributed by atoms with Crippen LogP contribution in [0.2, 0.25) is 0 Å². The number of aliphatic hydroxyl groups excluding tert-OH is 1. The van der Waals surface area contributed by atoms with E-state index in [1.807, 2.05) is 13.8 Å².